The molecule has 2 aromatic carbocycles. The van der Waals surface area contributed by atoms with Crippen molar-refractivity contribution in [3.63, 3.8) is 0 Å². The number of alkyl halides is 3. The van der Waals surface area contributed by atoms with Gasteiger partial charge < -0.3 is 23.8 Å². The van der Waals surface area contributed by atoms with Crippen LogP contribution in [0.2, 0.25) is 0 Å². The SMILES string of the molecule is C#Cc1c(F)ccc2cc(OCOC)cc(-c3nc4c5c(nc(OC[C@@]67CCCN6C[C@H](OC(F)(F)F)C7)nc5c3F)N3C[C@H]5CC[C@@H]([C@H]3CC4)N5C(=O)OC(C)(C)C)c12. The number of ether oxygens (including phenoxy) is 5. The monoisotopic (exact) mass is 836 g/mol. The lowest BCUT2D eigenvalue weighted by Crippen LogP contribution is -2.62. The Morgan fingerprint density at radius 1 is 1.02 bits per heavy atom. The number of piperazine rings is 1. The summed E-state index contributed by atoms with van der Waals surface area (Å²) in [5.74, 6) is 1.60. The Bertz CT molecular complexity index is 2420. The van der Waals surface area contributed by atoms with Crippen molar-refractivity contribution in [2.75, 3.05) is 45.0 Å². The number of methoxy groups -OCH3 is 1. The maximum absolute atomic E-state index is 17.7. The largest absolute Gasteiger partial charge is 0.522 e. The molecule has 4 aromatic rings. The van der Waals surface area contributed by atoms with Crippen LogP contribution in [0.1, 0.15) is 70.6 Å². The number of hydrogen-bond acceptors (Lipinski definition) is 11. The van der Waals surface area contributed by atoms with Crippen molar-refractivity contribution in [1.82, 2.24) is 24.8 Å². The van der Waals surface area contributed by atoms with Crippen LogP contribution in [0.4, 0.5) is 32.6 Å². The number of anilines is 1. The van der Waals surface area contributed by atoms with E-state index in [4.69, 9.17) is 35.3 Å². The van der Waals surface area contributed by atoms with Crippen LogP contribution in [0.25, 0.3) is 32.9 Å². The molecule has 0 radical (unpaired) electrons. The third-order valence-corrected chi connectivity index (χ3v) is 12.5. The van der Waals surface area contributed by atoms with Gasteiger partial charge in [0, 0.05) is 31.1 Å². The maximum Gasteiger partial charge on any atom is 0.522 e. The molecule has 60 heavy (non-hydrogen) atoms. The van der Waals surface area contributed by atoms with Gasteiger partial charge in [-0.25, -0.2) is 18.6 Å². The number of halogens is 5. The van der Waals surface area contributed by atoms with Crippen molar-refractivity contribution in [1.29, 1.82) is 0 Å². The first kappa shape index (κ1) is 40.4. The second kappa shape index (κ2) is 14.8. The van der Waals surface area contributed by atoms with Crippen molar-refractivity contribution in [3.05, 3.63) is 47.2 Å². The van der Waals surface area contributed by atoms with E-state index in [0.717, 1.165) is 12.8 Å². The van der Waals surface area contributed by atoms with E-state index in [9.17, 15) is 18.0 Å². The highest BCUT2D eigenvalue weighted by Gasteiger charge is 2.53. The number of rotatable bonds is 8. The lowest BCUT2D eigenvalue weighted by atomic mass is 9.94. The Labute approximate surface area is 343 Å². The molecule has 0 aliphatic carbocycles. The van der Waals surface area contributed by atoms with Crippen LogP contribution < -0.4 is 14.4 Å². The number of hydrogen-bond donors (Lipinski definition) is 0. The average molecular weight is 837 g/mol. The zero-order valence-electron chi connectivity index (χ0n) is 33.7. The molecule has 2 aromatic heterocycles. The van der Waals surface area contributed by atoms with Gasteiger partial charge >= 0.3 is 18.5 Å². The third kappa shape index (κ3) is 7.09. The predicted molar refractivity (Wildman–Crippen MR) is 210 cm³/mol. The number of nitrogens with zero attached hydrogens (tertiary/aromatic N) is 6. The van der Waals surface area contributed by atoms with Crippen molar-refractivity contribution in [3.8, 4) is 35.4 Å². The Balaban J connectivity index is 1.19. The fraction of sp³-hybridized carbons (Fsp3) is 0.535. The van der Waals surface area contributed by atoms with Crippen molar-refractivity contribution in [2.24, 2.45) is 0 Å². The Kier molecular flexibility index (Phi) is 9.98. The van der Waals surface area contributed by atoms with Gasteiger partial charge in [0.1, 0.15) is 40.8 Å². The van der Waals surface area contributed by atoms with E-state index in [1.807, 2.05) is 30.6 Å². The number of carbonyl (C=O) groups excluding carboxylic acids is 1. The van der Waals surface area contributed by atoms with Gasteiger partial charge in [-0.1, -0.05) is 12.0 Å². The number of amides is 1. The smallest absolute Gasteiger partial charge is 0.468 e. The Hall–Kier alpha value is -5.05. The zero-order valence-corrected chi connectivity index (χ0v) is 33.7. The van der Waals surface area contributed by atoms with E-state index in [2.05, 4.69) is 20.5 Å². The first-order valence-corrected chi connectivity index (χ1v) is 20.2. The summed E-state index contributed by atoms with van der Waals surface area (Å²) in [6, 6.07) is 5.05. The molecule has 4 saturated heterocycles. The molecule has 0 saturated carbocycles. The van der Waals surface area contributed by atoms with Gasteiger partial charge in [0.05, 0.1) is 46.4 Å². The number of fused-ring (bicyclic) bond motifs is 7. The first-order chi connectivity index (χ1) is 28.6. The minimum Gasteiger partial charge on any atom is -0.468 e. The molecule has 0 N–H and O–H groups in total. The number of aromatic nitrogens is 3. The molecule has 2 bridgehead atoms. The summed E-state index contributed by atoms with van der Waals surface area (Å²) >= 11 is 0. The summed E-state index contributed by atoms with van der Waals surface area (Å²) in [6.07, 6.45) is 3.31. The first-order valence-electron chi connectivity index (χ1n) is 20.2. The molecular weight excluding hydrogens is 791 g/mol. The van der Waals surface area contributed by atoms with Gasteiger partial charge in [-0.3, -0.25) is 14.5 Å². The second-order valence-corrected chi connectivity index (χ2v) is 17.4. The normalized spacial score (nSPS) is 25.0. The molecule has 9 rings (SSSR count). The van der Waals surface area contributed by atoms with Crippen molar-refractivity contribution >= 4 is 33.6 Å². The van der Waals surface area contributed by atoms with Gasteiger partial charge in [-0.2, -0.15) is 9.97 Å². The number of aryl methyl sites for hydroxylation is 1. The number of benzene rings is 2. The Morgan fingerprint density at radius 3 is 2.58 bits per heavy atom. The molecular formula is C43H45F5N6O6. The standard InChI is InChI=1S/C43H45F5N6O6/c1-6-27-29(44)10-8-23-16-25(58-22-56-5)17-28(33(23)27)36-35(45)37-34-30(49-36)11-13-31-32-12-9-24(54(32)40(55)60-41(2,3)4)19-53(31)38(34)51-39(50-37)57-21-42-14-7-15-52(42)20-26(18-42)59-43(46,47)48/h1,8,10,16-17,24,26,31-32H,7,9,11-15,18-22H2,2-5H3/t24-,26-,31-,32+,42+/m1/s1. The fourth-order valence-electron chi connectivity index (χ4n) is 10.2. The third-order valence-electron chi connectivity index (χ3n) is 12.5. The van der Waals surface area contributed by atoms with Crippen LogP contribution in [0.5, 0.6) is 11.8 Å². The quantitative estimate of drug-likeness (QED) is 0.0999. The fourth-order valence-corrected chi connectivity index (χ4v) is 10.2. The molecule has 5 aliphatic heterocycles. The van der Waals surface area contributed by atoms with E-state index < -0.39 is 41.3 Å². The van der Waals surface area contributed by atoms with Gasteiger partial charge in [0.15, 0.2) is 12.6 Å². The van der Waals surface area contributed by atoms with Crippen molar-refractivity contribution in [2.45, 2.75) is 107 Å². The number of terminal acetylenes is 1. The van der Waals surface area contributed by atoms with Crippen LogP contribution in [0, 0.1) is 24.0 Å². The molecule has 4 fully saturated rings. The highest BCUT2D eigenvalue weighted by atomic mass is 19.4. The van der Waals surface area contributed by atoms with Crippen LogP contribution >= 0.6 is 0 Å². The van der Waals surface area contributed by atoms with Crippen LogP contribution in [0.3, 0.4) is 0 Å². The lowest BCUT2D eigenvalue weighted by molar-refractivity contribution is -0.340. The molecule has 0 unspecified atom stereocenters. The summed E-state index contributed by atoms with van der Waals surface area (Å²) in [5, 5.41) is 1.10. The highest BCUT2D eigenvalue weighted by molar-refractivity contribution is 6.03. The van der Waals surface area contributed by atoms with Crippen LogP contribution in [-0.4, -0.2) is 113 Å². The van der Waals surface area contributed by atoms with Gasteiger partial charge in [-0.05, 0) is 95.8 Å². The summed E-state index contributed by atoms with van der Waals surface area (Å²) in [7, 11) is 1.46. The molecule has 5 aliphatic rings. The average Bonchev–Trinajstić information content (AvgIpc) is 3.80. The number of pyridine rings is 1. The van der Waals surface area contributed by atoms with Gasteiger partial charge in [0.2, 0.25) is 0 Å². The van der Waals surface area contributed by atoms with Crippen molar-refractivity contribution < 1.29 is 50.4 Å². The van der Waals surface area contributed by atoms with E-state index >= 15 is 8.78 Å². The van der Waals surface area contributed by atoms with E-state index in [1.54, 1.807) is 6.07 Å². The summed E-state index contributed by atoms with van der Waals surface area (Å²) in [5.41, 5.74) is -1.16. The minimum absolute atomic E-state index is 0.0580. The van der Waals surface area contributed by atoms with E-state index in [1.165, 1.54) is 25.3 Å². The van der Waals surface area contributed by atoms with Crippen LogP contribution in [0.15, 0.2) is 24.3 Å². The topological polar surface area (TPSA) is 112 Å². The Morgan fingerprint density at radius 2 is 1.83 bits per heavy atom. The molecule has 17 heteroatoms. The molecule has 12 nitrogen and oxygen atoms in total. The van der Waals surface area contributed by atoms with E-state index in [0.29, 0.717) is 66.8 Å². The zero-order chi connectivity index (χ0) is 42.3. The summed E-state index contributed by atoms with van der Waals surface area (Å²) in [4.78, 5) is 34.1. The number of carbonyl (C=O) groups is 1. The predicted octanol–water partition coefficient (Wildman–Crippen LogP) is 7.51. The van der Waals surface area contributed by atoms with Gasteiger partial charge in [-0.15, -0.1) is 19.6 Å². The molecule has 318 valence electrons. The van der Waals surface area contributed by atoms with Crippen LogP contribution in [-0.2, 0) is 20.6 Å². The van der Waals surface area contributed by atoms with Gasteiger partial charge in [0.25, 0.3) is 0 Å². The maximum atomic E-state index is 17.7. The molecule has 0 spiro atoms. The summed E-state index contributed by atoms with van der Waals surface area (Å²) < 4.78 is 101. The summed E-state index contributed by atoms with van der Waals surface area (Å²) in [6.45, 7) is 6.34. The minimum atomic E-state index is -4.78. The lowest BCUT2D eigenvalue weighted by Gasteiger charge is -2.47. The molecule has 1 amide bonds. The van der Waals surface area contributed by atoms with E-state index in [-0.39, 0.29) is 78.2 Å². The highest BCUT2D eigenvalue weighted by Crippen LogP contribution is 2.47. The molecule has 5 atom stereocenters. The molecule has 7 heterocycles. The second-order valence-electron chi connectivity index (χ2n) is 17.4.